The van der Waals surface area contributed by atoms with Crippen molar-refractivity contribution in [2.75, 3.05) is 7.11 Å². The Bertz CT molecular complexity index is 694. The third-order valence-electron chi connectivity index (χ3n) is 3.42. The molecule has 1 aromatic rings. The van der Waals surface area contributed by atoms with E-state index in [1.165, 1.54) is 7.11 Å². The van der Waals surface area contributed by atoms with Crippen LogP contribution in [-0.4, -0.2) is 24.2 Å². The highest BCUT2D eigenvalue weighted by molar-refractivity contribution is 9.13. The zero-order valence-corrected chi connectivity index (χ0v) is 14.3. The maximum absolute atomic E-state index is 12.0. The molecule has 1 aliphatic carbocycles. The fourth-order valence-corrected chi connectivity index (χ4v) is 3.97. The molecule has 0 radical (unpaired) electrons. The molecule has 4 nitrogen and oxygen atoms in total. The predicted molar refractivity (Wildman–Crippen MR) is 86.4 cm³/mol. The molecule has 6 heteroatoms. The van der Waals surface area contributed by atoms with Crippen LogP contribution in [-0.2, 0) is 14.4 Å². The molecule has 0 saturated heterocycles. The van der Waals surface area contributed by atoms with E-state index in [0.717, 1.165) is 11.3 Å². The van der Waals surface area contributed by atoms with Gasteiger partial charge in [0.2, 0.25) is 11.4 Å². The second kappa shape index (κ2) is 5.42. The van der Waals surface area contributed by atoms with Gasteiger partial charge >= 0.3 is 0 Å². The highest BCUT2D eigenvalue weighted by Gasteiger charge is 2.48. The summed E-state index contributed by atoms with van der Waals surface area (Å²) in [5.41, 5.74) is 0.921. The Labute approximate surface area is 138 Å². The first kappa shape index (κ1) is 14.5. The molecule has 1 aromatic carbocycles. The van der Waals surface area contributed by atoms with E-state index in [2.05, 4.69) is 37.0 Å². The monoisotopic (exact) mass is 411 g/mol. The van der Waals surface area contributed by atoms with Gasteiger partial charge in [0.1, 0.15) is 4.48 Å². The molecule has 0 fully saturated rings. The molecule has 1 heterocycles. The first-order valence-electron chi connectivity index (χ1n) is 6.25. The van der Waals surface area contributed by atoms with Crippen LogP contribution >= 0.6 is 31.9 Å². The molecule has 0 aromatic heterocycles. The van der Waals surface area contributed by atoms with E-state index < -0.39 is 5.60 Å². The summed E-state index contributed by atoms with van der Waals surface area (Å²) in [7, 11) is 1.52. The van der Waals surface area contributed by atoms with Crippen molar-refractivity contribution < 1.29 is 14.4 Å². The van der Waals surface area contributed by atoms with Crippen molar-refractivity contribution in [2.24, 2.45) is 5.16 Å². The number of hydrogen-bond donors (Lipinski definition) is 0. The van der Waals surface area contributed by atoms with Crippen LogP contribution in [0.1, 0.15) is 12.0 Å². The van der Waals surface area contributed by atoms with E-state index >= 15 is 0 Å². The van der Waals surface area contributed by atoms with Crippen LogP contribution in [0.15, 0.2) is 56.3 Å². The molecular weight excluding hydrogens is 402 g/mol. The number of methoxy groups -OCH3 is 1. The maximum atomic E-state index is 12.0. The lowest BCUT2D eigenvalue weighted by Gasteiger charge is -2.29. The number of ether oxygens (including phenoxy) is 1. The molecule has 1 atom stereocenters. The van der Waals surface area contributed by atoms with Crippen molar-refractivity contribution in [1.82, 2.24) is 0 Å². The van der Waals surface area contributed by atoms with Gasteiger partial charge < -0.3 is 9.57 Å². The summed E-state index contributed by atoms with van der Waals surface area (Å²) in [6.07, 6.45) is 2.20. The Morgan fingerprint density at radius 2 is 2.00 bits per heavy atom. The number of benzene rings is 1. The Hall–Kier alpha value is -1.40. The molecule has 0 bridgehead atoms. The number of ketones is 1. The van der Waals surface area contributed by atoms with Gasteiger partial charge in [0.25, 0.3) is 0 Å². The van der Waals surface area contributed by atoms with E-state index in [9.17, 15) is 4.79 Å². The summed E-state index contributed by atoms with van der Waals surface area (Å²) in [4.78, 5) is 17.7. The van der Waals surface area contributed by atoms with Gasteiger partial charge in [0, 0.05) is 6.42 Å². The predicted octanol–water partition coefficient (Wildman–Crippen LogP) is 3.66. The lowest BCUT2D eigenvalue weighted by molar-refractivity contribution is -0.112. The molecule has 0 unspecified atom stereocenters. The van der Waals surface area contributed by atoms with Crippen molar-refractivity contribution in [1.29, 1.82) is 0 Å². The summed E-state index contributed by atoms with van der Waals surface area (Å²) in [5, 5.41) is 4.18. The summed E-state index contributed by atoms with van der Waals surface area (Å²) in [6, 6.07) is 9.78. The summed E-state index contributed by atoms with van der Waals surface area (Å²) in [6.45, 7) is 0. The molecule has 0 saturated carbocycles. The molecule has 2 aliphatic rings. The van der Waals surface area contributed by atoms with E-state index in [4.69, 9.17) is 9.57 Å². The first-order chi connectivity index (χ1) is 10.1. The largest absolute Gasteiger partial charge is 0.495 e. The number of oxime groups is 1. The van der Waals surface area contributed by atoms with Crippen LogP contribution in [0.25, 0.3) is 0 Å². The fourth-order valence-electron chi connectivity index (χ4n) is 2.43. The van der Waals surface area contributed by atoms with Crippen LogP contribution in [0.4, 0.5) is 0 Å². The molecule has 1 spiro atoms. The summed E-state index contributed by atoms with van der Waals surface area (Å²) in [5.74, 6) is 0.264. The minimum atomic E-state index is -0.883. The molecule has 0 N–H and O–H groups in total. The zero-order valence-electron chi connectivity index (χ0n) is 11.1. The molecule has 0 amide bonds. The zero-order chi connectivity index (χ0) is 15.0. The Balaban J connectivity index is 1.99. The second-order valence-corrected chi connectivity index (χ2v) is 6.38. The number of halogens is 2. The molecular formula is C15H11Br2NO3. The van der Waals surface area contributed by atoms with Crippen molar-refractivity contribution in [2.45, 2.75) is 12.0 Å². The summed E-state index contributed by atoms with van der Waals surface area (Å²) < 4.78 is 6.17. The van der Waals surface area contributed by atoms with Crippen molar-refractivity contribution >= 4 is 43.4 Å². The quantitative estimate of drug-likeness (QED) is 0.744. The van der Waals surface area contributed by atoms with Gasteiger partial charge in [-0.05, 0) is 43.5 Å². The van der Waals surface area contributed by atoms with E-state index in [1.54, 1.807) is 6.08 Å². The molecule has 1 aliphatic heterocycles. The van der Waals surface area contributed by atoms with Gasteiger partial charge in [-0.1, -0.05) is 35.5 Å². The van der Waals surface area contributed by atoms with Gasteiger partial charge in [0.15, 0.2) is 5.76 Å². The Morgan fingerprint density at radius 3 is 2.67 bits per heavy atom. The van der Waals surface area contributed by atoms with Crippen LogP contribution in [0, 0.1) is 0 Å². The smallest absolute Gasteiger partial charge is 0.220 e. The fraction of sp³-hybridized carbons (Fsp3) is 0.200. The van der Waals surface area contributed by atoms with Crippen molar-refractivity contribution in [3.63, 3.8) is 0 Å². The van der Waals surface area contributed by atoms with E-state index in [-0.39, 0.29) is 5.78 Å². The van der Waals surface area contributed by atoms with Crippen LogP contribution < -0.4 is 0 Å². The SMILES string of the molecule is COC1=C(Br)C(=O)C(Br)=C[C@@]12CC(c1ccccc1)=NO2. The van der Waals surface area contributed by atoms with Gasteiger partial charge in [0.05, 0.1) is 17.3 Å². The number of allylic oxidation sites excluding steroid dienone is 2. The number of hydrogen-bond acceptors (Lipinski definition) is 4. The van der Waals surface area contributed by atoms with Gasteiger partial charge in [-0.2, -0.15) is 0 Å². The highest BCUT2D eigenvalue weighted by atomic mass is 79.9. The number of nitrogens with zero attached hydrogens (tertiary/aromatic N) is 1. The minimum Gasteiger partial charge on any atom is -0.495 e. The average Bonchev–Trinajstić information content (AvgIpc) is 2.91. The Kier molecular flexibility index (Phi) is 3.75. The number of carbonyl (C=O) groups excluding carboxylic acids is 1. The third-order valence-corrected chi connectivity index (χ3v) is 4.73. The Morgan fingerprint density at radius 1 is 1.29 bits per heavy atom. The van der Waals surface area contributed by atoms with Crippen LogP contribution in [0.5, 0.6) is 0 Å². The third kappa shape index (κ3) is 2.36. The van der Waals surface area contributed by atoms with Gasteiger partial charge in [-0.25, -0.2) is 0 Å². The molecule has 108 valence electrons. The average molecular weight is 413 g/mol. The van der Waals surface area contributed by atoms with Crippen LogP contribution in [0.2, 0.25) is 0 Å². The number of rotatable bonds is 2. The van der Waals surface area contributed by atoms with Gasteiger partial charge in [-0.15, -0.1) is 0 Å². The second-order valence-electron chi connectivity index (χ2n) is 4.73. The normalized spacial score (nSPS) is 24.8. The highest BCUT2D eigenvalue weighted by Crippen LogP contribution is 2.43. The van der Waals surface area contributed by atoms with E-state index in [1.807, 2.05) is 30.3 Å². The summed E-state index contributed by atoms with van der Waals surface area (Å²) >= 11 is 6.56. The molecule has 3 rings (SSSR count). The maximum Gasteiger partial charge on any atom is 0.220 e. The van der Waals surface area contributed by atoms with Gasteiger partial charge in [-0.3, -0.25) is 4.79 Å². The number of Topliss-reactive ketones (excluding diaryl/α,β-unsaturated/α-hetero) is 1. The lowest BCUT2D eigenvalue weighted by Crippen LogP contribution is -2.35. The topological polar surface area (TPSA) is 47.9 Å². The van der Waals surface area contributed by atoms with Crippen molar-refractivity contribution in [3.05, 3.63) is 56.7 Å². The number of carbonyl (C=O) groups is 1. The van der Waals surface area contributed by atoms with E-state index in [0.29, 0.717) is 21.1 Å². The minimum absolute atomic E-state index is 0.172. The molecule has 21 heavy (non-hydrogen) atoms. The van der Waals surface area contributed by atoms with Crippen molar-refractivity contribution in [3.8, 4) is 0 Å². The lowest BCUT2D eigenvalue weighted by atomic mass is 9.88. The standard InChI is InChI=1S/C15H11Br2NO3/c1-20-14-12(17)13(19)10(16)7-15(14)8-11(18-21-15)9-5-3-2-4-6-9/h2-7H,8H2,1H3/t15-/m1/s1. The first-order valence-corrected chi connectivity index (χ1v) is 7.84. The van der Waals surface area contributed by atoms with Crippen LogP contribution in [0.3, 0.4) is 0 Å².